The van der Waals surface area contributed by atoms with E-state index in [1.807, 2.05) is 4.90 Å². The summed E-state index contributed by atoms with van der Waals surface area (Å²) in [5.41, 5.74) is 0.853. The molecule has 1 aliphatic rings. The summed E-state index contributed by atoms with van der Waals surface area (Å²) in [5, 5.41) is 0. The van der Waals surface area contributed by atoms with E-state index >= 15 is 0 Å². The van der Waals surface area contributed by atoms with Gasteiger partial charge in [0.25, 0.3) is 0 Å². The summed E-state index contributed by atoms with van der Waals surface area (Å²) in [6, 6.07) is 6.32. The quantitative estimate of drug-likeness (QED) is 0.777. The van der Waals surface area contributed by atoms with Gasteiger partial charge in [0.1, 0.15) is 5.75 Å². The second-order valence-corrected chi connectivity index (χ2v) is 4.62. The number of carbonyl (C=O) groups excluding carboxylic acids is 1. The fourth-order valence-electron chi connectivity index (χ4n) is 2.16. The van der Waals surface area contributed by atoms with Crippen LogP contribution in [0, 0.1) is 0 Å². The van der Waals surface area contributed by atoms with Crippen molar-refractivity contribution in [3.8, 4) is 5.75 Å². The molecule has 0 amide bonds. The first-order valence-electron chi connectivity index (χ1n) is 6.54. The van der Waals surface area contributed by atoms with Crippen molar-refractivity contribution >= 4 is 5.97 Å². The lowest BCUT2D eigenvalue weighted by Gasteiger charge is -2.32. The molecule has 7 heteroatoms. The molecule has 0 radical (unpaired) electrons. The Morgan fingerprint density at radius 3 is 2.76 bits per heavy atom. The van der Waals surface area contributed by atoms with E-state index in [2.05, 4.69) is 9.47 Å². The highest BCUT2D eigenvalue weighted by Crippen LogP contribution is 2.24. The van der Waals surface area contributed by atoms with Crippen molar-refractivity contribution in [3.05, 3.63) is 29.8 Å². The zero-order valence-electron chi connectivity index (χ0n) is 11.6. The number of methoxy groups -OCH3 is 1. The highest BCUT2D eigenvalue weighted by molar-refractivity contribution is 5.71. The first kappa shape index (κ1) is 15.7. The van der Waals surface area contributed by atoms with E-state index in [9.17, 15) is 13.6 Å². The second kappa shape index (κ2) is 7.33. The maximum Gasteiger partial charge on any atom is 0.387 e. The monoisotopic (exact) mass is 301 g/mol. The summed E-state index contributed by atoms with van der Waals surface area (Å²) < 4.78 is 38.8. The molecule has 0 saturated carbocycles. The number of alkyl halides is 2. The Hall–Kier alpha value is -1.73. The van der Waals surface area contributed by atoms with Crippen molar-refractivity contribution < 1.29 is 27.8 Å². The van der Waals surface area contributed by atoms with Gasteiger partial charge in [0.2, 0.25) is 0 Å². The minimum absolute atomic E-state index is 0.107. The number of hydrogen-bond acceptors (Lipinski definition) is 5. The predicted molar refractivity (Wildman–Crippen MR) is 70.2 cm³/mol. The van der Waals surface area contributed by atoms with Crippen LogP contribution in [-0.2, 0) is 14.3 Å². The zero-order chi connectivity index (χ0) is 15.2. The van der Waals surface area contributed by atoms with E-state index in [0.29, 0.717) is 19.7 Å². The Balaban J connectivity index is 1.95. The van der Waals surface area contributed by atoms with Gasteiger partial charge in [0.05, 0.1) is 26.4 Å². The molecule has 1 saturated heterocycles. The fourth-order valence-corrected chi connectivity index (χ4v) is 2.16. The molecule has 0 aromatic heterocycles. The Bertz CT molecular complexity index is 467. The van der Waals surface area contributed by atoms with Crippen LogP contribution in [0.15, 0.2) is 24.3 Å². The molecule has 0 spiro atoms. The van der Waals surface area contributed by atoms with Crippen LogP contribution in [-0.4, -0.2) is 50.8 Å². The summed E-state index contributed by atoms with van der Waals surface area (Å²) >= 11 is 0. The predicted octanol–water partition coefficient (Wildman–Crippen LogP) is 1.83. The standard InChI is InChI=1S/C14H17F2NO4/c1-19-13(18)9-17-6-7-20-12(8-17)10-2-4-11(5-3-10)21-14(15)16/h2-5,12,14H,6-9H2,1H3/t12-/m1/s1. The summed E-state index contributed by atoms with van der Waals surface area (Å²) in [6.45, 7) is -0.931. The van der Waals surface area contributed by atoms with Gasteiger partial charge in [-0.1, -0.05) is 12.1 Å². The van der Waals surface area contributed by atoms with E-state index in [1.165, 1.54) is 19.2 Å². The van der Waals surface area contributed by atoms with Gasteiger partial charge in [-0.25, -0.2) is 0 Å². The number of carbonyl (C=O) groups is 1. The topological polar surface area (TPSA) is 48.0 Å². The third-order valence-corrected chi connectivity index (χ3v) is 3.21. The SMILES string of the molecule is COC(=O)CN1CCO[C@@H](c2ccc(OC(F)F)cc2)C1. The number of esters is 1. The molecule has 5 nitrogen and oxygen atoms in total. The number of hydrogen-bond donors (Lipinski definition) is 0. The summed E-state index contributed by atoms with van der Waals surface area (Å²) in [7, 11) is 1.35. The van der Waals surface area contributed by atoms with Crippen molar-refractivity contribution in [1.29, 1.82) is 0 Å². The maximum absolute atomic E-state index is 12.1. The lowest BCUT2D eigenvalue weighted by atomic mass is 10.1. The van der Waals surface area contributed by atoms with Gasteiger partial charge in [-0.3, -0.25) is 9.69 Å². The van der Waals surface area contributed by atoms with Crippen molar-refractivity contribution in [2.75, 3.05) is 33.4 Å². The summed E-state index contributed by atoms with van der Waals surface area (Å²) in [6.07, 6.45) is -0.205. The van der Waals surface area contributed by atoms with Crippen LogP contribution >= 0.6 is 0 Å². The minimum Gasteiger partial charge on any atom is -0.468 e. The Morgan fingerprint density at radius 1 is 1.43 bits per heavy atom. The van der Waals surface area contributed by atoms with E-state index in [1.54, 1.807) is 12.1 Å². The molecular weight excluding hydrogens is 284 g/mol. The third kappa shape index (κ3) is 4.64. The number of nitrogens with zero attached hydrogens (tertiary/aromatic N) is 1. The lowest BCUT2D eigenvalue weighted by molar-refractivity contribution is -0.143. The number of halogens is 2. The molecule has 2 rings (SSSR count). The molecule has 1 fully saturated rings. The Kier molecular flexibility index (Phi) is 5.46. The largest absolute Gasteiger partial charge is 0.468 e. The van der Waals surface area contributed by atoms with Crippen molar-refractivity contribution in [2.45, 2.75) is 12.7 Å². The zero-order valence-corrected chi connectivity index (χ0v) is 11.6. The normalized spacial score (nSPS) is 19.5. The molecule has 0 unspecified atom stereocenters. The van der Waals surface area contributed by atoms with Gasteiger partial charge < -0.3 is 14.2 Å². The summed E-state index contributed by atoms with van der Waals surface area (Å²) in [4.78, 5) is 13.2. The van der Waals surface area contributed by atoms with E-state index in [0.717, 1.165) is 5.56 Å². The number of benzene rings is 1. The molecule has 0 aliphatic carbocycles. The number of rotatable bonds is 5. The molecular formula is C14H17F2NO4. The molecule has 1 aliphatic heterocycles. The van der Waals surface area contributed by atoms with Gasteiger partial charge in [-0.15, -0.1) is 0 Å². The van der Waals surface area contributed by atoms with Gasteiger partial charge >= 0.3 is 12.6 Å². The highest BCUT2D eigenvalue weighted by Gasteiger charge is 2.23. The number of ether oxygens (including phenoxy) is 3. The van der Waals surface area contributed by atoms with Gasteiger partial charge in [0.15, 0.2) is 0 Å². The van der Waals surface area contributed by atoms with Crippen LogP contribution in [0.4, 0.5) is 8.78 Å². The Labute approximate surface area is 121 Å². The highest BCUT2D eigenvalue weighted by atomic mass is 19.3. The number of morpholine rings is 1. The van der Waals surface area contributed by atoms with Crippen LogP contribution < -0.4 is 4.74 Å². The van der Waals surface area contributed by atoms with Crippen molar-refractivity contribution in [3.63, 3.8) is 0 Å². The second-order valence-electron chi connectivity index (χ2n) is 4.62. The Morgan fingerprint density at radius 2 is 2.14 bits per heavy atom. The van der Waals surface area contributed by atoms with Crippen LogP contribution in [0.5, 0.6) is 5.75 Å². The average Bonchev–Trinajstić information content (AvgIpc) is 2.47. The van der Waals surface area contributed by atoms with Gasteiger partial charge in [0, 0.05) is 13.1 Å². The van der Waals surface area contributed by atoms with Crippen LogP contribution in [0.1, 0.15) is 11.7 Å². The van der Waals surface area contributed by atoms with Crippen LogP contribution in [0.3, 0.4) is 0 Å². The van der Waals surface area contributed by atoms with Crippen LogP contribution in [0.25, 0.3) is 0 Å². The van der Waals surface area contributed by atoms with Gasteiger partial charge in [-0.05, 0) is 17.7 Å². The fraction of sp³-hybridized carbons (Fsp3) is 0.500. The minimum atomic E-state index is -2.84. The van der Waals surface area contributed by atoms with Crippen molar-refractivity contribution in [2.24, 2.45) is 0 Å². The smallest absolute Gasteiger partial charge is 0.387 e. The maximum atomic E-state index is 12.1. The molecule has 1 aromatic carbocycles. The third-order valence-electron chi connectivity index (χ3n) is 3.21. The molecule has 0 bridgehead atoms. The van der Waals surface area contributed by atoms with E-state index in [4.69, 9.17) is 4.74 Å². The molecule has 21 heavy (non-hydrogen) atoms. The molecule has 1 heterocycles. The van der Waals surface area contributed by atoms with Crippen LogP contribution in [0.2, 0.25) is 0 Å². The molecule has 116 valence electrons. The average molecular weight is 301 g/mol. The molecule has 1 atom stereocenters. The summed E-state index contributed by atoms with van der Waals surface area (Å²) in [5.74, 6) is -0.188. The molecule has 0 N–H and O–H groups in total. The van der Waals surface area contributed by atoms with Gasteiger partial charge in [-0.2, -0.15) is 8.78 Å². The van der Waals surface area contributed by atoms with E-state index in [-0.39, 0.29) is 24.4 Å². The first-order valence-corrected chi connectivity index (χ1v) is 6.54. The van der Waals surface area contributed by atoms with E-state index < -0.39 is 6.61 Å². The lowest BCUT2D eigenvalue weighted by Crippen LogP contribution is -2.41. The van der Waals surface area contributed by atoms with Crippen molar-refractivity contribution in [1.82, 2.24) is 4.90 Å². The molecule has 1 aromatic rings. The first-order chi connectivity index (χ1) is 10.1.